The number of nitro groups is 1. The highest BCUT2D eigenvalue weighted by molar-refractivity contribution is 6.24. The fourth-order valence-electron chi connectivity index (χ4n) is 11.6. The first-order chi connectivity index (χ1) is 40.6. The van der Waals surface area contributed by atoms with Gasteiger partial charge in [0.05, 0.1) is 56.0 Å². The number of hydrogen-bond donors (Lipinski definition) is 1. The molecule has 8 aromatic carbocycles. The molecule has 0 unspecified atom stereocenters. The van der Waals surface area contributed by atoms with E-state index in [9.17, 15) is 10.1 Å². The lowest BCUT2D eigenvalue weighted by Crippen LogP contribution is -2.00. The summed E-state index contributed by atoms with van der Waals surface area (Å²) in [5, 5.41) is 16.7. The first-order valence-corrected chi connectivity index (χ1v) is 27.0. The molecule has 0 amide bonds. The minimum atomic E-state index is -0.369. The second-order valence-corrected chi connectivity index (χ2v) is 19.9. The van der Waals surface area contributed by atoms with Crippen LogP contribution in [0, 0.1) is 10.1 Å². The Balaban J connectivity index is 0.000000147. The third-order valence-corrected chi connectivity index (χ3v) is 15.2. The maximum atomic E-state index is 12.1. The van der Waals surface area contributed by atoms with Gasteiger partial charge in [-0.15, -0.1) is 0 Å². The van der Waals surface area contributed by atoms with Crippen LogP contribution in [0.5, 0.6) is 0 Å². The Labute approximate surface area is 471 Å². The molecule has 0 atom stereocenters. The number of benzene rings is 8. The van der Waals surface area contributed by atoms with Crippen LogP contribution in [0.3, 0.4) is 0 Å². The molecule has 7 heterocycles. The van der Waals surface area contributed by atoms with Crippen LogP contribution in [0.4, 0.5) is 5.69 Å². The standard InChI is InChI=1S/C36H24N4O2.C36H24N4/c41-40(42)33-24-37-23-21-29(33)30-14-9-15-31-34(26-10-3-1-4-11-26)35(27-12-5-2-6-13-27)39(36(30)31)28-19-17-25(18-20-28)32-16-7-8-22-38-32;1-3-9-25(10-4-1)33-29-18-19-31-34(28-20-22-37-23-32(28)39-31)36(29)40(35(33)26-11-5-2-6-12-26)27-16-14-24(15-17-27)30-13-7-8-21-38-30/h1-24H;1-23,39H. The molecule has 0 aliphatic carbocycles. The van der Waals surface area contributed by atoms with E-state index >= 15 is 0 Å². The smallest absolute Gasteiger partial charge is 0.295 e. The normalized spacial score (nSPS) is 11.3. The summed E-state index contributed by atoms with van der Waals surface area (Å²) >= 11 is 0. The van der Waals surface area contributed by atoms with Gasteiger partial charge in [0, 0.05) is 91.0 Å². The number of rotatable bonds is 10. The zero-order chi connectivity index (χ0) is 54.9. The van der Waals surface area contributed by atoms with Gasteiger partial charge in [0.1, 0.15) is 6.20 Å². The van der Waals surface area contributed by atoms with Crippen molar-refractivity contribution in [3.05, 3.63) is 296 Å². The highest BCUT2D eigenvalue weighted by Crippen LogP contribution is 2.49. The van der Waals surface area contributed by atoms with Gasteiger partial charge in [0.15, 0.2) is 0 Å². The average Bonchev–Trinajstić information content (AvgIpc) is 2.74. The van der Waals surface area contributed by atoms with Crippen molar-refractivity contribution < 1.29 is 4.92 Å². The molecule has 7 aromatic heterocycles. The lowest BCUT2D eigenvalue weighted by atomic mass is 9.96. The van der Waals surface area contributed by atoms with E-state index in [0.29, 0.717) is 5.56 Å². The average molecular weight is 1060 g/mol. The first kappa shape index (κ1) is 49.0. The largest absolute Gasteiger partial charge is 0.353 e. The molecule has 0 aliphatic heterocycles. The predicted octanol–water partition coefficient (Wildman–Crippen LogP) is 18.1. The molecule has 0 fully saturated rings. The van der Waals surface area contributed by atoms with Crippen LogP contribution in [0.2, 0.25) is 0 Å². The first-order valence-electron chi connectivity index (χ1n) is 27.0. The van der Waals surface area contributed by atoms with Crippen LogP contribution in [-0.4, -0.2) is 39.0 Å². The van der Waals surface area contributed by atoms with E-state index in [-0.39, 0.29) is 10.6 Å². The fourth-order valence-corrected chi connectivity index (χ4v) is 11.6. The van der Waals surface area contributed by atoms with Crippen molar-refractivity contribution in [1.82, 2.24) is 34.1 Å². The summed E-state index contributed by atoms with van der Waals surface area (Å²) in [5.41, 5.74) is 20.3. The van der Waals surface area contributed by atoms with Gasteiger partial charge in [-0.3, -0.25) is 30.1 Å². The van der Waals surface area contributed by atoms with Crippen molar-refractivity contribution in [1.29, 1.82) is 0 Å². The summed E-state index contributed by atoms with van der Waals surface area (Å²) in [6, 6.07) is 85.3. The van der Waals surface area contributed by atoms with Crippen LogP contribution in [0.25, 0.3) is 133 Å². The monoisotopic (exact) mass is 1060 g/mol. The molecule has 388 valence electrons. The van der Waals surface area contributed by atoms with E-state index < -0.39 is 0 Å². The molecule has 82 heavy (non-hydrogen) atoms. The van der Waals surface area contributed by atoms with Gasteiger partial charge in [-0.05, 0) is 89.0 Å². The molecule has 0 saturated carbocycles. The summed E-state index contributed by atoms with van der Waals surface area (Å²) in [6.07, 6.45) is 10.3. The van der Waals surface area contributed by atoms with E-state index in [2.05, 4.69) is 192 Å². The maximum Gasteiger partial charge on any atom is 0.295 e. The summed E-state index contributed by atoms with van der Waals surface area (Å²) in [5.74, 6) is 0. The van der Waals surface area contributed by atoms with E-state index in [4.69, 9.17) is 0 Å². The van der Waals surface area contributed by atoms with Crippen molar-refractivity contribution >= 4 is 49.3 Å². The minimum absolute atomic E-state index is 0.0363. The van der Waals surface area contributed by atoms with Crippen LogP contribution < -0.4 is 0 Å². The Morgan fingerprint density at radius 3 is 1.38 bits per heavy atom. The Hall–Kier alpha value is -11.4. The molecule has 0 aliphatic rings. The number of aromatic nitrogens is 7. The molecular weight excluding hydrogens is 1010 g/mol. The highest BCUT2D eigenvalue weighted by atomic mass is 16.6. The molecule has 10 nitrogen and oxygen atoms in total. The van der Waals surface area contributed by atoms with Crippen molar-refractivity contribution in [2.24, 2.45) is 0 Å². The quantitative estimate of drug-likeness (QED) is 0.108. The Morgan fingerprint density at radius 2 is 0.854 bits per heavy atom. The number of aromatic amines is 1. The molecule has 15 rings (SSSR count). The number of nitrogens with zero attached hydrogens (tertiary/aromatic N) is 7. The van der Waals surface area contributed by atoms with E-state index in [1.807, 2.05) is 104 Å². The Kier molecular flexibility index (Phi) is 12.6. The summed E-state index contributed by atoms with van der Waals surface area (Å²) < 4.78 is 4.67. The van der Waals surface area contributed by atoms with Gasteiger partial charge in [0.25, 0.3) is 5.69 Å². The van der Waals surface area contributed by atoms with Gasteiger partial charge in [-0.1, -0.05) is 182 Å². The van der Waals surface area contributed by atoms with Gasteiger partial charge in [-0.25, -0.2) is 0 Å². The topological polar surface area (TPSA) is 120 Å². The number of pyridine rings is 4. The lowest BCUT2D eigenvalue weighted by molar-refractivity contribution is -0.384. The lowest BCUT2D eigenvalue weighted by Gasteiger charge is -2.15. The van der Waals surface area contributed by atoms with Crippen molar-refractivity contribution in [2.75, 3.05) is 0 Å². The van der Waals surface area contributed by atoms with Crippen LogP contribution in [0.15, 0.2) is 286 Å². The van der Waals surface area contributed by atoms with Crippen LogP contribution >= 0.6 is 0 Å². The van der Waals surface area contributed by atoms with Crippen LogP contribution in [-0.2, 0) is 0 Å². The Bertz CT molecular complexity index is 4780. The molecule has 10 heteroatoms. The number of fused-ring (bicyclic) bond motifs is 6. The van der Waals surface area contributed by atoms with Crippen LogP contribution in [0.1, 0.15) is 0 Å². The van der Waals surface area contributed by atoms with Crippen molar-refractivity contribution in [3.8, 4) is 89.8 Å². The van der Waals surface area contributed by atoms with Gasteiger partial charge >= 0.3 is 0 Å². The fraction of sp³-hybridized carbons (Fsp3) is 0. The number of para-hydroxylation sites is 1. The maximum absolute atomic E-state index is 12.1. The van der Waals surface area contributed by atoms with E-state index in [0.717, 1.165) is 83.8 Å². The number of hydrogen-bond acceptors (Lipinski definition) is 6. The predicted molar refractivity (Wildman–Crippen MR) is 332 cm³/mol. The minimum Gasteiger partial charge on any atom is -0.353 e. The molecule has 15 aromatic rings. The van der Waals surface area contributed by atoms with E-state index in [1.165, 1.54) is 50.3 Å². The highest BCUT2D eigenvalue weighted by Gasteiger charge is 2.28. The SMILES string of the molecule is O=[N+]([O-])c1cnccc1-c1cccc2c(-c3ccccc3)c(-c3ccccc3)n(-c3ccc(-c4ccccn4)cc3)c12.c1ccc(-c2c(-c3ccccc3)n(-c3ccc(-c4ccccn4)cc3)c3c2ccc2[nH]c4cnccc4c23)cc1. The van der Waals surface area contributed by atoms with Crippen molar-refractivity contribution in [2.45, 2.75) is 0 Å². The molecule has 0 saturated heterocycles. The second-order valence-electron chi connectivity index (χ2n) is 19.9. The summed E-state index contributed by atoms with van der Waals surface area (Å²) in [4.78, 5) is 32.9. The number of nitrogens with one attached hydrogen (secondary N) is 1. The summed E-state index contributed by atoms with van der Waals surface area (Å²) in [7, 11) is 0. The molecular formula is C72H48N8O2. The second kappa shape index (κ2) is 21.1. The number of H-pyrrole nitrogens is 1. The van der Waals surface area contributed by atoms with Gasteiger partial charge in [0.2, 0.25) is 0 Å². The molecule has 0 bridgehead atoms. The van der Waals surface area contributed by atoms with Gasteiger partial charge < -0.3 is 14.1 Å². The van der Waals surface area contributed by atoms with Gasteiger partial charge in [-0.2, -0.15) is 0 Å². The molecule has 1 N–H and O–H groups in total. The molecule has 0 radical (unpaired) electrons. The summed E-state index contributed by atoms with van der Waals surface area (Å²) in [6.45, 7) is 0. The molecule has 0 spiro atoms. The zero-order valence-corrected chi connectivity index (χ0v) is 44.1. The third-order valence-electron chi connectivity index (χ3n) is 15.2. The van der Waals surface area contributed by atoms with E-state index in [1.54, 1.807) is 18.5 Å². The Morgan fingerprint density at radius 1 is 0.366 bits per heavy atom. The third kappa shape index (κ3) is 8.73. The zero-order valence-electron chi connectivity index (χ0n) is 44.1. The van der Waals surface area contributed by atoms with Crippen molar-refractivity contribution in [3.63, 3.8) is 0 Å².